The number of imidazole rings is 1. The molecule has 1 amide bonds. The second-order valence-electron chi connectivity index (χ2n) is 5.52. The zero-order chi connectivity index (χ0) is 18.9. The maximum atomic E-state index is 13.0. The average Bonchev–Trinajstić information content (AvgIpc) is 3.04. The number of hydrogen-bond acceptors (Lipinski definition) is 5. The summed E-state index contributed by atoms with van der Waals surface area (Å²) >= 11 is 0. The van der Waals surface area contributed by atoms with Crippen molar-refractivity contribution in [3.63, 3.8) is 0 Å². The summed E-state index contributed by atoms with van der Waals surface area (Å²) in [5.41, 5.74) is 0.652. The Morgan fingerprint density at radius 1 is 1.15 bits per heavy atom. The third-order valence-electron chi connectivity index (χ3n) is 3.87. The van der Waals surface area contributed by atoms with Gasteiger partial charge in [0.15, 0.2) is 0 Å². The van der Waals surface area contributed by atoms with E-state index in [-0.39, 0.29) is 15.7 Å². The van der Waals surface area contributed by atoms with Crippen LogP contribution in [-0.4, -0.2) is 35.9 Å². The lowest BCUT2D eigenvalue weighted by molar-refractivity contribution is 0.0984. The van der Waals surface area contributed by atoms with Crippen LogP contribution in [-0.2, 0) is 16.9 Å². The number of hydrogen-bond donors (Lipinski definition) is 0. The number of halogens is 1. The summed E-state index contributed by atoms with van der Waals surface area (Å²) in [6.45, 7) is 0. The van der Waals surface area contributed by atoms with Crippen molar-refractivity contribution in [3.05, 3.63) is 66.5 Å². The smallest absolute Gasteiger partial charge is 0.276 e. The molecule has 0 radical (unpaired) electrons. The zero-order valence-corrected chi connectivity index (χ0v) is 14.8. The van der Waals surface area contributed by atoms with E-state index in [1.54, 1.807) is 25.4 Å². The lowest BCUT2D eigenvalue weighted by Gasteiger charge is -2.17. The van der Waals surface area contributed by atoms with Crippen LogP contribution in [0.3, 0.4) is 0 Å². The molecule has 0 N–H and O–H groups in total. The number of nitrogens with zero attached hydrogens (tertiary/aromatic N) is 4. The molecule has 0 atom stereocenters. The van der Waals surface area contributed by atoms with Crippen molar-refractivity contribution in [2.45, 2.75) is 10.1 Å². The molecule has 7 nitrogen and oxygen atoms in total. The summed E-state index contributed by atoms with van der Waals surface area (Å²) in [7, 11) is -0.993. The first-order valence-corrected chi connectivity index (χ1v) is 9.01. The van der Waals surface area contributed by atoms with Gasteiger partial charge in [-0.15, -0.1) is 0 Å². The van der Waals surface area contributed by atoms with E-state index < -0.39 is 21.6 Å². The van der Waals surface area contributed by atoms with Crippen LogP contribution in [0.5, 0.6) is 0 Å². The second kappa shape index (κ2) is 6.68. The number of carbonyl (C=O) groups excluding carboxylic acids is 1. The van der Waals surface area contributed by atoms with Gasteiger partial charge in [-0.3, -0.25) is 9.78 Å². The Kier molecular flexibility index (Phi) is 4.56. The maximum absolute atomic E-state index is 13.0. The molecule has 2 aromatic heterocycles. The van der Waals surface area contributed by atoms with Gasteiger partial charge in [0.05, 0.1) is 23.0 Å². The Bertz CT molecular complexity index is 1050. The Morgan fingerprint density at radius 3 is 2.46 bits per heavy atom. The normalized spacial score (nSPS) is 11.3. The van der Waals surface area contributed by atoms with Crippen LogP contribution in [0.1, 0.15) is 10.5 Å². The van der Waals surface area contributed by atoms with Crippen LogP contribution in [0.15, 0.2) is 65.0 Å². The van der Waals surface area contributed by atoms with Gasteiger partial charge >= 0.3 is 0 Å². The summed E-state index contributed by atoms with van der Waals surface area (Å²) in [5.74, 6) is -0.980. The number of aromatic nitrogens is 3. The molecular weight excluding hydrogens is 359 g/mol. The molecule has 3 aromatic rings. The number of carbonyl (C=O) groups is 1. The standard InChI is InChI=1S/C17H15FN4O3S/c1-21(13-4-3-9-19-10-13)16(23)15-11-20-17(22(15)2)26(24,25)14-7-5-12(18)6-8-14/h3-11H,1-2H3. The minimum absolute atomic E-state index is 0.0945. The van der Waals surface area contributed by atoms with Crippen LogP contribution >= 0.6 is 0 Å². The van der Waals surface area contributed by atoms with Gasteiger partial charge in [-0.25, -0.2) is 17.8 Å². The van der Waals surface area contributed by atoms with Crippen LogP contribution in [0, 0.1) is 5.82 Å². The molecule has 0 saturated carbocycles. The largest absolute Gasteiger partial charge is 0.314 e. The summed E-state index contributed by atoms with van der Waals surface area (Å²) in [6, 6.07) is 7.81. The Morgan fingerprint density at radius 2 is 1.85 bits per heavy atom. The van der Waals surface area contributed by atoms with E-state index in [9.17, 15) is 17.6 Å². The average molecular weight is 374 g/mol. The number of pyridine rings is 1. The first-order valence-electron chi connectivity index (χ1n) is 7.53. The van der Waals surface area contributed by atoms with Gasteiger partial charge in [0.1, 0.15) is 11.5 Å². The van der Waals surface area contributed by atoms with E-state index in [1.165, 1.54) is 28.9 Å². The van der Waals surface area contributed by atoms with E-state index in [4.69, 9.17) is 0 Å². The molecule has 0 aliphatic heterocycles. The van der Waals surface area contributed by atoms with Crippen molar-refractivity contribution in [1.29, 1.82) is 0 Å². The van der Waals surface area contributed by atoms with Crippen molar-refractivity contribution < 1.29 is 17.6 Å². The number of amides is 1. The first-order chi connectivity index (χ1) is 12.3. The van der Waals surface area contributed by atoms with E-state index in [2.05, 4.69) is 9.97 Å². The van der Waals surface area contributed by atoms with Gasteiger partial charge in [-0.05, 0) is 36.4 Å². The minimum atomic E-state index is -3.99. The third kappa shape index (κ3) is 3.08. The van der Waals surface area contributed by atoms with Gasteiger partial charge in [-0.1, -0.05) is 0 Å². The summed E-state index contributed by atoms with van der Waals surface area (Å²) in [5, 5.41) is -0.299. The first kappa shape index (κ1) is 17.7. The van der Waals surface area contributed by atoms with E-state index >= 15 is 0 Å². The molecule has 3 rings (SSSR count). The van der Waals surface area contributed by atoms with Crippen LogP contribution in [0.25, 0.3) is 0 Å². The maximum Gasteiger partial charge on any atom is 0.276 e. The fraction of sp³-hybridized carbons (Fsp3) is 0.118. The highest BCUT2D eigenvalue weighted by atomic mass is 32.2. The van der Waals surface area contributed by atoms with Gasteiger partial charge in [0, 0.05) is 20.3 Å². The highest BCUT2D eigenvalue weighted by Gasteiger charge is 2.27. The molecule has 0 aliphatic carbocycles. The van der Waals surface area contributed by atoms with Gasteiger partial charge < -0.3 is 9.47 Å². The lowest BCUT2D eigenvalue weighted by atomic mass is 10.3. The number of anilines is 1. The highest BCUT2D eigenvalue weighted by molar-refractivity contribution is 7.91. The van der Waals surface area contributed by atoms with Crippen molar-refractivity contribution in [2.75, 3.05) is 11.9 Å². The molecular formula is C17H15FN4O3S. The molecule has 0 fully saturated rings. The molecule has 9 heteroatoms. The Balaban J connectivity index is 1.97. The predicted octanol–water partition coefficient (Wildman–Crippen LogP) is 2.06. The highest BCUT2D eigenvalue weighted by Crippen LogP contribution is 2.22. The molecule has 2 heterocycles. The van der Waals surface area contributed by atoms with Crippen LogP contribution in [0.4, 0.5) is 10.1 Å². The SMILES string of the molecule is CN(C(=O)c1cnc(S(=O)(=O)c2ccc(F)cc2)n1C)c1cccnc1. The van der Waals surface area contributed by atoms with Crippen molar-refractivity contribution in [1.82, 2.24) is 14.5 Å². The predicted molar refractivity (Wildman–Crippen MR) is 92.0 cm³/mol. The van der Waals surface area contributed by atoms with Crippen molar-refractivity contribution in [2.24, 2.45) is 7.05 Å². The molecule has 134 valence electrons. The quantitative estimate of drug-likeness (QED) is 0.653. The second-order valence-corrected chi connectivity index (χ2v) is 7.36. The van der Waals surface area contributed by atoms with Crippen molar-refractivity contribution >= 4 is 21.4 Å². The van der Waals surface area contributed by atoms with Crippen LogP contribution in [0.2, 0.25) is 0 Å². The topological polar surface area (TPSA) is 85.2 Å². The van der Waals surface area contributed by atoms with Crippen molar-refractivity contribution in [3.8, 4) is 0 Å². The number of rotatable bonds is 4. The van der Waals surface area contributed by atoms with Gasteiger partial charge in [0.25, 0.3) is 5.91 Å². The third-order valence-corrected chi connectivity index (χ3v) is 5.62. The summed E-state index contributed by atoms with van der Waals surface area (Å²) < 4.78 is 39.6. The van der Waals surface area contributed by atoms with Gasteiger partial charge in [-0.2, -0.15) is 0 Å². The Hall–Kier alpha value is -3.07. The fourth-order valence-electron chi connectivity index (χ4n) is 2.40. The van der Waals surface area contributed by atoms with E-state index in [1.807, 2.05) is 0 Å². The molecule has 0 spiro atoms. The molecule has 0 saturated heterocycles. The lowest BCUT2D eigenvalue weighted by Crippen LogP contribution is -2.28. The summed E-state index contributed by atoms with van der Waals surface area (Å²) in [4.78, 5) is 21.8. The van der Waals surface area contributed by atoms with E-state index in [0.29, 0.717) is 5.69 Å². The minimum Gasteiger partial charge on any atom is -0.314 e. The van der Waals surface area contributed by atoms with E-state index in [0.717, 1.165) is 24.3 Å². The van der Waals surface area contributed by atoms with Gasteiger partial charge in [0.2, 0.25) is 15.0 Å². The number of sulfone groups is 1. The summed E-state index contributed by atoms with van der Waals surface area (Å²) in [6.07, 6.45) is 4.30. The zero-order valence-electron chi connectivity index (χ0n) is 14.0. The fourth-order valence-corrected chi connectivity index (χ4v) is 3.76. The molecule has 26 heavy (non-hydrogen) atoms. The number of benzene rings is 1. The molecule has 0 unspecified atom stereocenters. The van der Waals surface area contributed by atoms with Crippen LogP contribution < -0.4 is 4.90 Å². The molecule has 1 aromatic carbocycles. The molecule has 0 aliphatic rings. The Labute approximate surface area is 149 Å². The monoisotopic (exact) mass is 374 g/mol. The molecule has 0 bridgehead atoms.